The van der Waals surface area contributed by atoms with E-state index in [-0.39, 0.29) is 5.60 Å². The van der Waals surface area contributed by atoms with Gasteiger partial charge in [0.25, 0.3) is 0 Å². The maximum atomic E-state index is 6.26. The fourth-order valence-corrected chi connectivity index (χ4v) is 5.39. The number of hydrogen-bond donors (Lipinski definition) is 1. The molecular formula is C11H25NOSi. The summed E-state index contributed by atoms with van der Waals surface area (Å²) < 4.78 is 6.26. The fraction of sp³-hybridized carbons (Fsp3) is 1.00. The van der Waals surface area contributed by atoms with E-state index in [0.29, 0.717) is 12.0 Å². The largest absolute Gasteiger partial charge is 0.412 e. The lowest BCUT2D eigenvalue weighted by atomic mass is 9.82. The Balaban J connectivity index is 2.73. The van der Waals surface area contributed by atoms with Crippen LogP contribution in [-0.2, 0) is 4.43 Å². The summed E-state index contributed by atoms with van der Waals surface area (Å²) in [5, 5.41) is 0. The normalized spacial score (nSPS) is 32.6. The highest BCUT2D eigenvalue weighted by Gasteiger charge is 2.44. The smallest absolute Gasteiger partial charge is 0.187 e. The Morgan fingerprint density at radius 1 is 1.50 bits per heavy atom. The standard InChI is InChI=1S/C11H25NOSi/c1-6-10(12)9-7-8-14(4,5)13-11(9,2)3/h9-10H,6-8,12H2,1-5H3. The second-order valence-electron chi connectivity index (χ2n) is 5.68. The van der Waals surface area contributed by atoms with Crippen LogP contribution in [0.1, 0.15) is 33.6 Å². The van der Waals surface area contributed by atoms with Crippen LogP contribution >= 0.6 is 0 Å². The Morgan fingerprint density at radius 2 is 2.07 bits per heavy atom. The van der Waals surface area contributed by atoms with Gasteiger partial charge in [-0.1, -0.05) is 6.92 Å². The summed E-state index contributed by atoms with van der Waals surface area (Å²) in [6, 6.07) is 1.56. The summed E-state index contributed by atoms with van der Waals surface area (Å²) in [4.78, 5) is 0. The average molecular weight is 215 g/mol. The third-order valence-electron chi connectivity index (χ3n) is 3.48. The van der Waals surface area contributed by atoms with Crippen LogP contribution in [-0.4, -0.2) is 20.0 Å². The van der Waals surface area contributed by atoms with Crippen LogP contribution in [0.15, 0.2) is 0 Å². The Kier molecular flexibility index (Phi) is 3.44. The molecule has 1 aliphatic rings. The van der Waals surface area contributed by atoms with E-state index in [1.165, 1.54) is 12.5 Å². The second-order valence-corrected chi connectivity index (χ2v) is 9.91. The van der Waals surface area contributed by atoms with Crippen molar-refractivity contribution >= 4 is 8.32 Å². The van der Waals surface area contributed by atoms with E-state index < -0.39 is 8.32 Å². The Hall–Kier alpha value is 0.137. The Bertz CT molecular complexity index is 203. The first-order chi connectivity index (χ1) is 6.28. The summed E-state index contributed by atoms with van der Waals surface area (Å²) in [5.74, 6) is 0.535. The van der Waals surface area contributed by atoms with E-state index in [4.69, 9.17) is 10.2 Å². The van der Waals surface area contributed by atoms with Crippen molar-refractivity contribution in [3.8, 4) is 0 Å². The number of hydrogen-bond acceptors (Lipinski definition) is 2. The van der Waals surface area contributed by atoms with Crippen molar-refractivity contribution < 1.29 is 4.43 Å². The van der Waals surface area contributed by atoms with Gasteiger partial charge in [0.15, 0.2) is 8.32 Å². The zero-order valence-electron chi connectivity index (χ0n) is 10.3. The molecule has 0 aromatic rings. The van der Waals surface area contributed by atoms with E-state index in [0.717, 1.165) is 6.42 Å². The fourth-order valence-electron chi connectivity index (χ4n) is 2.70. The number of nitrogens with two attached hydrogens (primary N) is 1. The van der Waals surface area contributed by atoms with Crippen molar-refractivity contribution in [3.63, 3.8) is 0 Å². The van der Waals surface area contributed by atoms with Gasteiger partial charge in [0.05, 0.1) is 5.60 Å². The van der Waals surface area contributed by atoms with E-state index in [1.54, 1.807) is 0 Å². The predicted molar refractivity (Wildman–Crippen MR) is 63.8 cm³/mol. The quantitative estimate of drug-likeness (QED) is 0.719. The molecule has 1 fully saturated rings. The van der Waals surface area contributed by atoms with Crippen molar-refractivity contribution in [2.45, 2.75) is 64.4 Å². The van der Waals surface area contributed by atoms with Crippen LogP contribution in [0.3, 0.4) is 0 Å². The summed E-state index contributed by atoms with van der Waals surface area (Å²) in [5.41, 5.74) is 6.14. The van der Waals surface area contributed by atoms with Crippen LogP contribution in [0.25, 0.3) is 0 Å². The van der Waals surface area contributed by atoms with Crippen LogP contribution in [0.4, 0.5) is 0 Å². The summed E-state index contributed by atoms with van der Waals surface area (Å²) in [6.07, 6.45) is 2.31. The molecule has 0 aromatic heterocycles. The minimum Gasteiger partial charge on any atom is -0.412 e. The Morgan fingerprint density at radius 3 is 2.50 bits per heavy atom. The lowest BCUT2D eigenvalue weighted by Crippen LogP contribution is -2.55. The molecule has 1 heterocycles. The molecule has 0 radical (unpaired) electrons. The topological polar surface area (TPSA) is 35.2 Å². The van der Waals surface area contributed by atoms with Crippen molar-refractivity contribution in [1.29, 1.82) is 0 Å². The predicted octanol–water partition coefficient (Wildman–Crippen LogP) is 2.74. The minimum absolute atomic E-state index is 0.0105. The highest BCUT2D eigenvalue weighted by atomic mass is 28.4. The third kappa shape index (κ3) is 2.58. The van der Waals surface area contributed by atoms with Crippen LogP contribution in [0, 0.1) is 5.92 Å². The summed E-state index contributed by atoms with van der Waals surface area (Å²) in [7, 11) is -1.38. The summed E-state index contributed by atoms with van der Waals surface area (Å²) >= 11 is 0. The van der Waals surface area contributed by atoms with Crippen molar-refractivity contribution in [2.24, 2.45) is 11.7 Å². The van der Waals surface area contributed by atoms with E-state index in [2.05, 4.69) is 33.9 Å². The van der Waals surface area contributed by atoms with Gasteiger partial charge in [0.1, 0.15) is 0 Å². The molecule has 0 saturated carbocycles. The molecule has 1 saturated heterocycles. The molecule has 0 amide bonds. The molecule has 2 unspecified atom stereocenters. The van der Waals surface area contributed by atoms with Gasteiger partial charge in [0.2, 0.25) is 0 Å². The molecule has 84 valence electrons. The molecule has 1 aliphatic heterocycles. The van der Waals surface area contributed by atoms with E-state index in [1.807, 2.05) is 0 Å². The highest BCUT2D eigenvalue weighted by Crippen LogP contribution is 2.39. The molecule has 14 heavy (non-hydrogen) atoms. The van der Waals surface area contributed by atoms with Gasteiger partial charge < -0.3 is 10.2 Å². The van der Waals surface area contributed by atoms with Crippen molar-refractivity contribution in [2.75, 3.05) is 0 Å². The van der Waals surface area contributed by atoms with Gasteiger partial charge in [-0.05, 0) is 45.8 Å². The molecular weight excluding hydrogens is 190 g/mol. The first-order valence-electron chi connectivity index (χ1n) is 5.74. The van der Waals surface area contributed by atoms with Gasteiger partial charge in [-0.3, -0.25) is 0 Å². The first-order valence-corrected chi connectivity index (χ1v) is 8.86. The zero-order chi connectivity index (χ0) is 11.0. The lowest BCUT2D eigenvalue weighted by Gasteiger charge is -2.48. The van der Waals surface area contributed by atoms with Gasteiger partial charge in [-0.2, -0.15) is 0 Å². The molecule has 2 atom stereocenters. The monoisotopic (exact) mass is 215 g/mol. The SMILES string of the molecule is CCC(N)C1CC[Si](C)(C)OC1(C)C. The molecule has 1 rings (SSSR count). The van der Waals surface area contributed by atoms with Crippen molar-refractivity contribution in [1.82, 2.24) is 0 Å². The van der Waals surface area contributed by atoms with Crippen LogP contribution in [0.2, 0.25) is 19.1 Å². The summed E-state index contributed by atoms with van der Waals surface area (Å²) in [6.45, 7) is 11.2. The van der Waals surface area contributed by atoms with Crippen LogP contribution in [0.5, 0.6) is 0 Å². The first kappa shape index (κ1) is 12.2. The van der Waals surface area contributed by atoms with Gasteiger partial charge in [-0.25, -0.2) is 0 Å². The maximum Gasteiger partial charge on any atom is 0.187 e. The Labute approximate surface area is 89.3 Å². The lowest BCUT2D eigenvalue weighted by molar-refractivity contribution is 0.00206. The molecule has 2 N–H and O–H groups in total. The van der Waals surface area contributed by atoms with Gasteiger partial charge in [0, 0.05) is 12.0 Å². The highest BCUT2D eigenvalue weighted by molar-refractivity contribution is 6.71. The van der Waals surface area contributed by atoms with Crippen molar-refractivity contribution in [3.05, 3.63) is 0 Å². The molecule has 0 bridgehead atoms. The van der Waals surface area contributed by atoms with Gasteiger partial charge in [-0.15, -0.1) is 0 Å². The molecule has 0 aliphatic carbocycles. The van der Waals surface area contributed by atoms with E-state index in [9.17, 15) is 0 Å². The average Bonchev–Trinajstić information content (AvgIpc) is 1.99. The zero-order valence-corrected chi connectivity index (χ0v) is 11.3. The maximum absolute atomic E-state index is 6.26. The minimum atomic E-state index is -1.38. The van der Waals surface area contributed by atoms with E-state index >= 15 is 0 Å². The molecule has 2 nitrogen and oxygen atoms in total. The van der Waals surface area contributed by atoms with Crippen LogP contribution < -0.4 is 5.73 Å². The van der Waals surface area contributed by atoms with Gasteiger partial charge >= 0.3 is 0 Å². The molecule has 0 spiro atoms. The number of rotatable bonds is 2. The second kappa shape index (κ2) is 3.95. The third-order valence-corrected chi connectivity index (χ3v) is 6.05. The molecule has 3 heteroatoms. The molecule has 0 aromatic carbocycles.